The molecule has 0 amide bonds. The van der Waals surface area contributed by atoms with E-state index in [9.17, 15) is 9.59 Å². The van der Waals surface area contributed by atoms with Crippen molar-refractivity contribution < 1.29 is 23.9 Å². The van der Waals surface area contributed by atoms with Crippen LogP contribution in [0.25, 0.3) is 0 Å². The van der Waals surface area contributed by atoms with E-state index in [1.54, 1.807) is 0 Å². The highest BCUT2D eigenvalue weighted by Gasteiger charge is 2.14. The predicted octanol–water partition coefficient (Wildman–Crippen LogP) is -1.13. The number of carboxylic acid groups (broad SMARTS) is 2. The van der Waals surface area contributed by atoms with Crippen LogP contribution in [-0.4, -0.2) is 28.2 Å². The fraction of sp³-hybridized carbons (Fsp3) is 0.500. The quantitative estimate of drug-likeness (QED) is 0.427. The van der Waals surface area contributed by atoms with Crippen LogP contribution in [0.3, 0.4) is 0 Å². The monoisotopic (exact) mass is 137 g/mol. The molecular weight excluding hydrogens is 127 g/mol. The SMILES string of the molecule is [2H]C([2H])(C(=O)O)[13C]([2H])(N)C(=O)O. The van der Waals surface area contributed by atoms with Crippen molar-refractivity contribution in [1.82, 2.24) is 0 Å². The van der Waals surface area contributed by atoms with Crippen LogP contribution in [0.4, 0.5) is 0 Å². The minimum absolute atomic E-state index is 2.03. The Morgan fingerprint density at radius 1 is 1.78 bits per heavy atom. The zero-order chi connectivity index (χ0) is 10.2. The minimum Gasteiger partial charge on any atom is -0.481 e. The molecule has 0 radical (unpaired) electrons. The predicted molar refractivity (Wildman–Crippen MR) is 27.9 cm³/mol. The van der Waals surface area contributed by atoms with E-state index >= 15 is 0 Å². The molecule has 1 unspecified atom stereocenters. The van der Waals surface area contributed by atoms with E-state index in [2.05, 4.69) is 5.73 Å². The first-order chi connectivity index (χ1) is 5.14. The summed E-state index contributed by atoms with van der Waals surface area (Å²) in [5.41, 5.74) is 4.65. The summed E-state index contributed by atoms with van der Waals surface area (Å²) in [6.07, 6.45) is -3.32. The molecule has 0 aromatic carbocycles. The van der Waals surface area contributed by atoms with E-state index < -0.39 is 24.3 Å². The van der Waals surface area contributed by atoms with Crippen LogP contribution in [0.2, 0.25) is 0 Å². The van der Waals surface area contributed by atoms with Gasteiger partial charge in [-0.2, -0.15) is 0 Å². The van der Waals surface area contributed by atoms with Gasteiger partial charge in [0.1, 0.15) is 6.02 Å². The number of hydrogen-bond donors (Lipinski definition) is 3. The lowest BCUT2D eigenvalue weighted by Crippen LogP contribution is -2.32. The molecule has 0 aromatic heterocycles. The van der Waals surface area contributed by atoms with Crippen LogP contribution >= 0.6 is 0 Å². The van der Waals surface area contributed by atoms with Crippen molar-refractivity contribution in [2.45, 2.75) is 12.4 Å². The lowest BCUT2D eigenvalue weighted by atomic mass is 10.5. The maximum atomic E-state index is 10.2. The fourth-order valence-corrected chi connectivity index (χ4v) is 0.169. The summed E-state index contributed by atoms with van der Waals surface area (Å²) in [4.78, 5) is 20.3. The number of carbonyl (C=O) groups is 2. The molecule has 0 heterocycles. The molecule has 0 aliphatic rings. The van der Waals surface area contributed by atoms with E-state index in [-0.39, 0.29) is 0 Å². The van der Waals surface area contributed by atoms with Crippen LogP contribution in [0.15, 0.2) is 0 Å². The molecule has 5 nitrogen and oxygen atoms in total. The number of aliphatic carboxylic acids is 2. The topological polar surface area (TPSA) is 101 Å². The third-order valence-electron chi connectivity index (χ3n) is 0.472. The van der Waals surface area contributed by atoms with E-state index in [1.807, 2.05) is 0 Å². The lowest BCUT2D eigenvalue weighted by molar-refractivity contribution is -0.144. The molecule has 0 aliphatic carbocycles. The van der Waals surface area contributed by atoms with Gasteiger partial charge in [0.15, 0.2) is 0 Å². The first-order valence-electron chi connectivity index (χ1n) is 3.39. The third-order valence-corrected chi connectivity index (χ3v) is 0.472. The third kappa shape index (κ3) is 3.48. The Morgan fingerprint density at radius 2 is 2.22 bits per heavy atom. The van der Waals surface area contributed by atoms with Crippen LogP contribution in [0.1, 0.15) is 10.5 Å². The van der Waals surface area contributed by atoms with E-state index in [1.165, 1.54) is 0 Å². The minimum atomic E-state index is -3.32. The molecule has 0 saturated carbocycles. The maximum absolute atomic E-state index is 10.2. The van der Waals surface area contributed by atoms with Gasteiger partial charge in [-0.25, -0.2) is 0 Å². The summed E-state index contributed by atoms with van der Waals surface area (Å²) >= 11 is 0. The summed E-state index contributed by atoms with van der Waals surface area (Å²) in [7, 11) is 0. The molecule has 5 heteroatoms. The Hall–Kier alpha value is -1.10. The second-order valence-corrected chi connectivity index (χ2v) is 1.15. The van der Waals surface area contributed by atoms with Gasteiger partial charge in [0.2, 0.25) is 0 Å². The normalized spacial score (nSPS) is 22.6. The van der Waals surface area contributed by atoms with Crippen molar-refractivity contribution in [1.29, 1.82) is 0 Å². The highest BCUT2D eigenvalue weighted by Crippen LogP contribution is 1.86. The van der Waals surface area contributed by atoms with Crippen molar-refractivity contribution in [3.63, 3.8) is 0 Å². The molecule has 52 valence electrons. The molecule has 0 rings (SSSR count). The van der Waals surface area contributed by atoms with Gasteiger partial charge in [-0.15, -0.1) is 0 Å². The van der Waals surface area contributed by atoms with Gasteiger partial charge >= 0.3 is 11.9 Å². The van der Waals surface area contributed by atoms with Crippen molar-refractivity contribution in [2.24, 2.45) is 5.73 Å². The van der Waals surface area contributed by atoms with Gasteiger partial charge in [-0.05, 0) is 0 Å². The Labute approximate surface area is 55.3 Å². The number of nitrogens with two attached hydrogens (primary N) is 1. The molecular formula is C4H7NO4. The summed E-state index contributed by atoms with van der Waals surface area (Å²) in [6, 6.07) is -3.18. The van der Waals surface area contributed by atoms with Crippen LogP contribution in [-0.2, 0) is 9.59 Å². The Balaban J connectivity index is 5.01. The van der Waals surface area contributed by atoms with Gasteiger partial charge in [-0.1, -0.05) is 0 Å². The highest BCUT2D eigenvalue weighted by molar-refractivity contribution is 5.80. The molecule has 0 fully saturated rings. The van der Waals surface area contributed by atoms with Gasteiger partial charge in [0.05, 0.1) is 7.74 Å². The molecule has 1 atom stereocenters. The Bertz CT molecular complexity index is 202. The van der Waals surface area contributed by atoms with Gasteiger partial charge in [0, 0.05) is 2.74 Å². The van der Waals surface area contributed by atoms with E-state index in [0.29, 0.717) is 0 Å². The zero-order valence-corrected chi connectivity index (χ0v) is 4.29. The smallest absolute Gasteiger partial charge is 0.321 e. The average molecular weight is 137 g/mol. The van der Waals surface area contributed by atoms with Crippen LogP contribution in [0.5, 0.6) is 0 Å². The standard InChI is InChI=1S/C4H7NO4/c5-2(4(8)9)1-3(6)7/h2H,1,5H2,(H,6,7)(H,8,9)/i1D2,2+1D. The Morgan fingerprint density at radius 3 is 2.33 bits per heavy atom. The fourth-order valence-electron chi connectivity index (χ4n) is 0.169. The lowest BCUT2D eigenvalue weighted by Gasteiger charge is -1.99. The summed E-state index contributed by atoms with van der Waals surface area (Å²) in [5, 5.41) is 16.4. The van der Waals surface area contributed by atoms with Crippen molar-refractivity contribution >= 4 is 11.9 Å². The Kier molecular flexibility index (Phi) is 1.29. The molecule has 0 saturated heterocycles. The van der Waals surface area contributed by atoms with Crippen molar-refractivity contribution in [3.8, 4) is 0 Å². The molecule has 0 aliphatic heterocycles. The number of carboxylic acids is 2. The second-order valence-electron chi connectivity index (χ2n) is 1.15. The highest BCUT2D eigenvalue weighted by atomic mass is 16.4. The molecule has 0 spiro atoms. The number of hydrogen-bond acceptors (Lipinski definition) is 3. The van der Waals surface area contributed by atoms with Gasteiger partial charge < -0.3 is 15.9 Å². The molecule has 0 bridgehead atoms. The number of rotatable bonds is 3. The average Bonchev–Trinajstić information content (AvgIpc) is 1.86. The largest absolute Gasteiger partial charge is 0.481 e. The van der Waals surface area contributed by atoms with E-state index in [4.69, 9.17) is 14.3 Å². The molecule has 0 aromatic rings. The molecule has 4 N–H and O–H groups in total. The summed E-state index contributed by atoms with van der Waals surface area (Å²) in [5.74, 6) is -4.11. The maximum Gasteiger partial charge on any atom is 0.321 e. The van der Waals surface area contributed by atoms with Gasteiger partial charge in [-0.3, -0.25) is 9.59 Å². The van der Waals surface area contributed by atoms with Crippen LogP contribution in [0, 0.1) is 0 Å². The zero-order valence-electron chi connectivity index (χ0n) is 7.29. The first kappa shape index (κ1) is 3.84. The molecule has 9 heavy (non-hydrogen) atoms. The summed E-state index contributed by atoms with van der Waals surface area (Å²) in [6.45, 7) is 0. The van der Waals surface area contributed by atoms with E-state index in [0.717, 1.165) is 0 Å². The van der Waals surface area contributed by atoms with Crippen molar-refractivity contribution in [2.75, 3.05) is 0 Å². The van der Waals surface area contributed by atoms with Gasteiger partial charge in [0.25, 0.3) is 0 Å². The van der Waals surface area contributed by atoms with Crippen molar-refractivity contribution in [3.05, 3.63) is 0 Å². The first-order valence-corrected chi connectivity index (χ1v) is 1.89. The van der Waals surface area contributed by atoms with Crippen LogP contribution < -0.4 is 5.73 Å². The summed E-state index contributed by atoms with van der Waals surface area (Å²) < 4.78 is 20.1. The second kappa shape index (κ2) is 3.03.